The van der Waals surface area contributed by atoms with Gasteiger partial charge in [-0.1, -0.05) is 13.8 Å². The van der Waals surface area contributed by atoms with Crippen molar-refractivity contribution in [3.05, 3.63) is 23.5 Å². The maximum Gasteiger partial charge on any atom is 0.254 e. The van der Waals surface area contributed by atoms with Gasteiger partial charge in [-0.3, -0.25) is 4.79 Å². The Morgan fingerprint density at radius 2 is 2.20 bits per heavy atom. The van der Waals surface area contributed by atoms with E-state index >= 15 is 0 Å². The molecule has 0 aromatic heterocycles. The molecule has 20 heavy (non-hydrogen) atoms. The maximum absolute atomic E-state index is 13.9. The van der Waals surface area contributed by atoms with Crippen LogP contribution < -0.4 is 15.4 Å². The summed E-state index contributed by atoms with van der Waals surface area (Å²) in [6.07, 6.45) is 0. The molecule has 0 bridgehead atoms. The Kier molecular flexibility index (Phi) is 5.78. The molecule has 1 rings (SSSR count). The fraction of sp³-hybridized carbons (Fsp3) is 0.429. The molecule has 108 valence electrons. The Morgan fingerprint density at radius 3 is 2.75 bits per heavy atom. The van der Waals surface area contributed by atoms with Gasteiger partial charge in [-0.25, -0.2) is 4.39 Å². The Labute approximate surface area is 117 Å². The summed E-state index contributed by atoms with van der Waals surface area (Å²) in [4.78, 5) is 11.5. The molecule has 5 nitrogen and oxygen atoms in total. The van der Waals surface area contributed by atoms with Gasteiger partial charge in [0.1, 0.15) is 17.6 Å². The number of benzene rings is 1. The van der Waals surface area contributed by atoms with E-state index in [2.05, 4.69) is 10.6 Å². The minimum absolute atomic E-state index is 0.115. The first-order valence-electron chi connectivity index (χ1n) is 6.28. The van der Waals surface area contributed by atoms with Crippen LogP contribution in [0.1, 0.15) is 24.2 Å². The van der Waals surface area contributed by atoms with Crippen molar-refractivity contribution < 1.29 is 13.9 Å². The van der Waals surface area contributed by atoms with Crippen molar-refractivity contribution in [1.82, 2.24) is 5.32 Å². The molecule has 0 aliphatic carbocycles. The lowest BCUT2D eigenvalue weighted by molar-refractivity contribution is 0.0958. The number of ether oxygens (including phenoxy) is 1. The van der Waals surface area contributed by atoms with Gasteiger partial charge >= 0.3 is 0 Å². The Balaban J connectivity index is 3.11. The number of carbonyl (C=O) groups excluding carboxylic acids is 1. The van der Waals surface area contributed by atoms with Crippen molar-refractivity contribution in [2.45, 2.75) is 13.8 Å². The maximum atomic E-state index is 13.9. The number of halogens is 1. The predicted octanol–water partition coefficient (Wildman–Crippen LogP) is 2.16. The van der Waals surface area contributed by atoms with Gasteiger partial charge in [0.25, 0.3) is 5.91 Å². The summed E-state index contributed by atoms with van der Waals surface area (Å²) in [6.45, 7) is 4.48. The third-order valence-electron chi connectivity index (χ3n) is 2.53. The molecule has 0 radical (unpaired) electrons. The summed E-state index contributed by atoms with van der Waals surface area (Å²) in [5.74, 6) is -0.535. The van der Waals surface area contributed by atoms with Gasteiger partial charge in [0.2, 0.25) is 0 Å². The molecule has 0 saturated heterocycles. The van der Waals surface area contributed by atoms with E-state index in [0.717, 1.165) is 0 Å². The molecule has 1 aromatic rings. The van der Waals surface area contributed by atoms with Crippen molar-refractivity contribution in [3.63, 3.8) is 0 Å². The van der Waals surface area contributed by atoms with Crippen molar-refractivity contribution in [3.8, 4) is 11.8 Å². The van der Waals surface area contributed by atoms with Crippen LogP contribution in [0.25, 0.3) is 0 Å². The minimum atomic E-state index is -0.639. The van der Waals surface area contributed by atoms with Crippen LogP contribution in [0.2, 0.25) is 0 Å². The molecule has 0 atom stereocenters. The molecule has 0 heterocycles. The van der Waals surface area contributed by atoms with E-state index in [9.17, 15) is 9.18 Å². The van der Waals surface area contributed by atoms with Crippen molar-refractivity contribution >= 4 is 11.6 Å². The molecular weight excluding hydrogens is 261 g/mol. The molecule has 6 heteroatoms. The lowest BCUT2D eigenvalue weighted by Gasteiger charge is -2.15. The molecule has 0 aliphatic heterocycles. The number of carbonyl (C=O) groups is 1. The topological polar surface area (TPSA) is 74.1 Å². The minimum Gasteiger partial charge on any atom is -0.477 e. The second-order valence-corrected chi connectivity index (χ2v) is 4.63. The number of amides is 1. The van der Waals surface area contributed by atoms with Crippen molar-refractivity contribution in [2.75, 3.05) is 25.5 Å². The second-order valence-electron chi connectivity index (χ2n) is 4.63. The number of hydrogen-bond donors (Lipinski definition) is 2. The lowest BCUT2D eigenvalue weighted by atomic mass is 10.1. The van der Waals surface area contributed by atoms with Gasteiger partial charge in [-0.2, -0.15) is 5.26 Å². The number of hydrogen-bond acceptors (Lipinski definition) is 4. The van der Waals surface area contributed by atoms with E-state index in [1.807, 2.05) is 19.9 Å². The van der Waals surface area contributed by atoms with Gasteiger partial charge in [0, 0.05) is 19.7 Å². The molecule has 0 unspecified atom stereocenters. The van der Waals surface area contributed by atoms with E-state index < -0.39 is 11.7 Å². The molecule has 0 fully saturated rings. The molecule has 0 spiro atoms. The SMILES string of the molecule is CNC(=O)c1cc(OCC#N)c(NCC(C)C)cc1F. The van der Waals surface area contributed by atoms with Crippen LogP contribution >= 0.6 is 0 Å². The van der Waals surface area contributed by atoms with Crippen LogP contribution in [0, 0.1) is 23.1 Å². The van der Waals surface area contributed by atoms with E-state index in [4.69, 9.17) is 10.00 Å². The zero-order valence-corrected chi connectivity index (χ0v) is 11.8. The molecular formula is C14H18FN3O2. The smallest absolute Gasteiger partial charge is 0.254 e. The average Bonchev–Trinajstić information content (AvgIpc) is 2.42. The number of nitrogens with zero attached hydrogens (tertiary/aromatic N) is 1. The normalized spacial score (nSPS) is 10.0. The second kappa shape index (κ2) is 7.34. The van der Waals surface area contributed by atoms with Crippen molar-refractivity contribution in [1.29, 1.82) is 5.26 Å². The molecule has 2 N–H and O–H groups in total. The van der Waals surface area contributed by atoms with Crippen LogP contribution in [0.15, 0.2) is 12.1 Å². The Morgan fingerprint density at radius 1 is 1.50 bits per heavy atom. The van der Waals surface area contributed by atoms with Crippen LogP contribution in [0.5, 0.6) is 5.75 Å². The lowest BCUT2D eigenvalue weighted by Crippen LogP contribution is -2.20. The molecule has 1 amide bonds. The Bertz CT molecular complexity index is 524. The third kappa shape index (κ3) is 4.12. The highest BCUT2D eigenvalue weighted by atomic mass is 19.1. The summed E-state index contributed by atoms with van der Waals surface area (Å²) < 4.78 is 19.1. The van der Waals surface area contributed by atoms with E-state index in [1.165, 1.54) is 19.2 Å². The molecule has 1 aromatic carbocycles. The zero-order valence-electron chi connectivity index (χ0n) is 11.8. The fourth-order valence-corrected chi connectivity index (χ4v) is 1.54. The summed E-state index contributed by atoms with van der Waals surface area (Å²) in [7, 11) is 1.42. The highest BCUT2D eigenvalue weighted by Crippen LogP contribution is 2.28. The number of rotatable bonds is 6. The highest BCUT2D eigenvalue weighted by molar-refractivity contribution is 5.95. The summed E-state index contributed by atoms with van der Waals surface area (Å²) in [6, 6.07) is 4.35. The predicted molar refractivity (Wildman–Crippen MR) is 74.2 cm³/mol. The summed E-state index contributed by atoms with van der Waals surface area (Å²) in [5.41, 5.74) is 0.314. The number of anilines is 1. The summed E-state index contributed by atoms with van der Waals surface area (Å²) in [5, 5.41) is 14.0. The van der Waals surface area contributed by atoms with Crippen LogP contribution in [-0.4, -0.2) is 26.1 Å². The van der Waals surface area contributed by atoms with E-state index in [1.54, 1.807) is 0 Å². The quantitative estimate of drug-likeness (QED) is 0.836. The highest BCUT2D eigenvalue weighted by Gasteiger charge is 2.16. The van der Waals surface area contributed by atoms with Crippen LogP contribution in [0.3, 0.4) is 0 Å². The first-order chi connectivity index (χ1) is 9.49. The number of nitriles is 1. The zero-order chi connectivity index (χ0) is 15.1. The first-order valence-corrected chi connectivity index (χ1v) is 6.28. The standard InChI is InChI=1S/C14H18FN3O2/c1-9(2)8-18-12-7-11(15)10(14(19)17-3)6-13(12)20-5-4-16/h6-7,9,18H,5,8H2,1-3H3,(H,17,19). The largest absolute Gasteiger partial charge is 0.477 e. The first kappa shape index (κ1) is 15.8. The van der Waals surface area contributed by atoms with E-state index in [0.29, 0.717) is 18.2 Å². The van der Waals surface area contributed by atoms with Crippen LogP contribution in [-0.2, 0) is 0 Å². The van der Waals surface area contributed by atoms with Gasteiger partial charge in [0.15, 0.2) is 6.61 Å². The fourth-order valence-electron chi connectivity index (χ4n) is 1.54. The van der Waals surface area contributed by atoms with Gasteiger partial charge in [0.05, 0.1) is 11.3 Å². The van der Waals surface area contributed by atoms with Gasteiger partial charge < -0.3 is 15.4 Å². The summed E-state index contributed by atoms with van der Waals surface area (Å²) >= 11 is 0. The van der Waals surface area contributed by atoms with Crippen LogP contribution in [0.4, 0.5) is 10.1 Å². The van der Waals surface area contributed by atoms with Crippen molar-refractivity contribution in [2.24, 2.45) is 5.92 Å². The van der Waals surface area contributed by atoms with Gasteiger partial charge in [-0.05, 0) is 12.0 Å². The number of nitrogens with one attached hydrogen (secondary N) is 2. The Hall–Kier alpha value is -2.29. The van der Waals surface area contributed by atoms with E-state index in [-0.39, 0.29) is 17.9 Å². The average molecular weight is 279 g/mol. The van der Waals surface area contributed by atoms with Gasteiger partial charge in [-0.15, -0.1) is 0 Å². The molecule has 0 aliphatic rings. The molecule has 0 saturated carbocycles. The third-order valence-corrected chi connectivity index (χ3v) is 2.53. The monoisotopic (exact) mass is 279 g/mol.